The Kier molecular flexibility index (Phi) is 1.48. The van der Waals surface area contributed by atoms with E-state index in [-0.39, 0.29) is 12.4 Å². The van der Waals surface area contributed by atoms with Crippen molar-refractivity contribution in [2.24, 2.45) is 5.41 Å². The van der Waals surface area contributed by atoms with Crippen LogP contribution >= 0.6 is 12.4 Å². The third kappa shape index (κ3) is 0.642. The van der Waals surface area contributed by atoms with Gasteiger partial charge in [0.05, 0.1) is 0 Å². The fourth-order valence-electron chi connectivity index (χ4n) is 1.21. The van der Waals surface area contributed by atoms with Crippen LogP contribution in [0, 0.1) is 5.41 Å². The summed E-state index contributed by atoms with van der Waals surface area (Å²) in [5, 5.41) is 6.53. The van der Waals surface area contributed by atoms with E-state index in [1.165, 1.54) is 26.2 Å². The Labute approximate surface area is 55.4 Å². The normalized spacial score (nSPS) is 30.0. The van der Waals surface area contributed by atoms with Crippen LogP contribution in [0.1, 0.15) is 0 Å². The molecule has 0 aromatic heterocycles. The molecule has 0 saturated carbocycles. The van der Waals surface area contributed by atoms with E-state index in [0.29, 0.717) is 0 Å². The second kappa shape index (κ2) is 1.87. The van der Waals surface area contributed by atoms with Crippen molar-refractivity contribution in [1.29, 1.82) is 0 Å². The second-order valence-electron chi connectivity index (χ2n) is 2.71. The molecule has 2 saturated heterocycles. The molecule has 0 radical (unpaired) electrons. The lowest BCUT2D eigenvalue weighted by atomic mass is 9.76. The summed E-state index contributed by atoms with van der Waals surface area (Å²) in [5.74, 6) is 0. The Bertz CT molecular complexity index is 70.9. The minimum absolute atomic E-state index is 0. The van der Waals surface area contributed by atoms with Crippen molar-refractivity contribution in [1.82, 2.24) is 10.6 Å². The van der Waals surface area contributed by atoms with Gasteiger partial charge in [-0.05, 0) is 0 Å². The summed E-state index contributed by atoms with van der Waals surface area (Å²) in [6.45, 7) is 5.00. The van der Waals surface area contributed by atoms with Gasteiger partial charge in [-0.15, -0.1) is 12.4 Å². The van der Waals surface area contributed by atoms with Gasteiger partial charge >= 0.3 is 0 Å². The third-order valence-electron chi connectivity index (χ3n) is 2.00. The molecule has 2 aliphatic rings. The second-order valence-corrected chi connectivity index (χ2v) is 2.71. The van der Waals surface area contributed by atoms with Gasteiger partial charge in [0.1, 0.15) is 0 Å². The van der Waals surface area contributed by atoms with Crippen LogP contribution in [0.3, 0.4) is 0 Å². The number of hydrogen-bond acceptors (Lipinski definition) is 2. The first-order valence-corrected chi connectivity index (χ1v) is 2.83. The van der Waals surface area contributed by atoms with Crippen molar-refractivity contribution in [2.75, 3.05) is 26.2 Å². The number of rotatable bonds is 0. The van der Waals surface area contributed by atoms with Crippen LogP contribution in [0.2, 0.25) is 0 Å². The average Bonchev–Trinajstić information content (AvgIpc) is 1.20. The van der Waals surface area contributed by atoms with Gasteiger partial charge in [-0.25, -0.2) is 0 Å². The summed E-state index contributed by atoms with van der Waals surface area (Å²) < 4.78 is 0. The summed E-state index contributed by atoms with van der Waals surface area (Å²) in [6.07, 6.45) is 0. The highest BCUT2D eigenvalue weighted by molar-refractivity contribution is 5.85. The lowest BCUT2D eigenvalue weighted by Crippen LogP contribution is -2.69. The maximum atomic E-state index is 3.26. The van der Waals surface area contributed by atoms with Gasteiger partial charge in [0.25, 0.3) is 0 Å². The van der Waals surface area contributed by atoms with Crippen LogP contribution in [0.25, 0.3) is 0 Å². The number of nitrogens with one attached hydrogen (secondary N) is 2. The van der Waals surface area contributed by atoms with Gasteiger partial charge in [-0.2, -0.15) is 0 Å². The molecule has 0 aromatic carbocycles. The van der Waals surface area contributed by atoms with Gasteiger partial charge in [-0.1, -0.05) is 0 Å². The average molecular weight is 135 g/mol. The first kappa shape index (κ1) is 6.33. The van der Waals surface area contributed by atoms with Crippen molar-refractivity contribution in [3.63, 3.8) is 0 Å². The molecule has 0 bridgehead atoms. The van der Waals surface area contributed by atoms with Crippen LogP contribution < -0.4 is 10.6 Å². The number of hydrogen-bond donors (Lipinski definition) is 2. The summed E-state index contributed by atoms with van der Waals surface area (Å²) in [4.78, 5) is 0. The highest BCUT2D eigenvalue weighted by atomic mass is 35.5. The largest absolute Gasteiger partial charge is 0.315 e. The molecule has 2 rings (SSSR count). The molecule has 0 atom stereocenters. The van der Waals surface area contributed by atoms with Crippen LogP contribution in [-0.4, -0.2) is 26.2 Å². The molecular formula is C5H11ClN2. The zero-order valence-corrected chi connectivity index (χ0v) is 5.55. The molecule has 1 spiro atoms. The quantitative estimate of drug-likeness (QED) is 0.471. The molecule has 3 heteroatoms. The Morgan fingerprint density at radius 1 is 0.875 bits per heavy atom. The molecule has 0 aliphatic carbocycles. The standard InChI is InChI=1S/C5H10N2.ClH/c1-5(2-6-1)3-7-4-5;/h6-7H,1-4H2;1H. The smallest absolute Gasteiger partial charge is 0.0202 e. The molecule has 2 nitrogen and oxygen atoms in total. The maximum absolute atomic E-state index is 3.26. The Hall–Kier alpha value is 0.210. The Morgan fingerprint density at radius 2 is 1.25 bits per heavy atom. The van der Waals surface area contributed by atoms with Crippen molar-refractivity contribution in [2.45, 2.75) is 0 Å². The third-order valence-corrected chi connectivity index (χ3v) is 2.00. The van der Waals surface area contributed by atoms with Crippen molar-refractivity contribution in [3.8, 4) is 0 Å². The van der Waals surface area contributed by atoms with E-state index in [1.807, 2.05) is 0 Å². The van der Waals surface area contributed by atoms with Gasteiger partial charge in [0, 0.05) is 31.6 Å². The minimum Gasteiger partial charge on any atom is -0.315 e. The van der Waals surface area contributed by atoms with Gasteiger partial charge in [-0.3, -0.25) is 0 Å². The Morgan fingerprint density at radius 3 is 1.25 bits per heavy atom. The molecule has 0 amide bonds. The molecule has 2 aliphatic heterocycles. The minimum atomic E-state index is 0. The molecule has 0 unspecified atom stereocenters. The molecule has 48 valence electrons. The van der Waals surface area contributed by atoms with E-state index in [0.717, 1.165) is 5.41 Å². The van der Waals surface area contributed by atoms with Crippen LogP contribution in [0.5, 0.6) is 0 Å². The molecule has 8 heavy (non-hydrogen) atoms. The van der Waals surface area contributed by atoms with E-state index >= 15 is 0 Å². The molecule has 2 heterocycles. The molecule has 0 aromatic rings. The Balaban J connectivity index is 0.000000320. The van der Waals surface area contributed by atoms with E-state index in [4.69, 9.17) is 0 Å². The fraction of sp³-hybridized carbons (Fsp3) is 1.00. The van der Waals surface area contributed by atoms with Crippen molar-refractivity contribution in [3.05, 3.63) is 0 Å². The van der Waals surface area contributed by atoms with E-state index in [2.05, 4.69) is 10.6 Å². The zero-order valence-electron chi connectivity index (χ0n) is 4.74. The van der Waals surface area contributed by atoms with Crippen LogP contribution in [0.4, 0.5) is 0 Å². The van der Waals surface area contributed by atoms with Crippen molar-refractivity contribution >= 4 is 12.4 Å². The molecular weight excluding hydrogens is 124 g/mol. The summed E-state index contributed by atoms with van der Waals surface area (Å²) in [7, 11) is 0. The molecule has 2 fully saturated rings. The lowest BCUT2D eigenvalue weighted by molar-refractivity contribution is 0.0895. The molecule has 2 N–H and O–H groups in total. The number of halogens is 1. The van der Waals surface area contributed by atoms with Crippen LogP contribution in [-0.2, 0) is 0 Å². The predicted molar refractivity (Wildman–Crippen MR) is 35.4 cm³/mol. The topological polar surface area (TPSA) is 24.1 Å². The maximum Gasteiger partial charge on any atom is 0.0202 e. The monoisotopic (exact) mass is 134 g/mol. The van der Waals surface area contributed by atoms with E-state index < -0.39 is 0 Å². The van der Waals surface area contributed by atoms with Crippen LogP contribution in [0.15, 0.2) is 0 Å². The fourth-order valence-corrected chi connectivity index (χ4v) is 1.21. The zero-order chi connectivity index (χ0) is 4.74. The summed E-state index contributed by atoms with van der Waals surface area (Å²) >= 11 is 0. The first-order chi connectivity index (χ1) is 3.41. The highest BCUT2D eigenvalue weighted by Crippen LogP contribution is 2.25. The van der Waals surface area contributed by atoms with E-state index in [1.54, 1.807) is 0 Å². The van der Waals surface area contributed by atoms with Crippen molar-refractivity contribution < 1.29 is 0 Å². The van der Waals surface area contributed by atoms with Gasteiger partial charge < -0.3 is 10.6 Å². The van der Waals surface area contributed by atoms with Gasteiger partial charge in [0.15, 0.2) is 0 Å². The van der Waals surface area contributed by atoms with Gasteiger partial charge in [0.2, 0.25) is 0 Å². The lowest BCUT2D eigenvalue weighted by Gasteiger charge is -2.50. The summed E-state index contributed by atoms with van der Waals surface area (Å²) in [5.41, 5.74) is 0.722. The van der Waals surface area contributed by atoms with E-state index in [9.17, 15) is 0 Å². The summed E-state index contributed by atoms with van der Waals surface area (Å²) in [6, 6.07) is 0. The SMILES string of the molecule is C1NCC12CNC2.Cl. The first-order valence-electron chi connectivity index (χ1n) is 2.83. The highest BCUT2D eigenvalue weighted by Gasteiger charge is 2.41. The predicted octanol–water partition coefficient (Wildman–Crippen LogP) is -0.399.